The van der Waals surface area contributed by atoms with Crippen LogP contribution >= 0.6 is 22.6 Å². The molecule has 0 aromatic heterocycles. The Morgan fingerprint density at radius 3 is 2.75 bits per heavy atom. The summed E-state index contributed by atoms with van der Waals surface area (Å²) in [5.41, 5.74) is 0. The summed E-state index contributed by atoms with van der Waals surface area (Å²) in [6.45, 7) is 0.524. The molecule has 4 heteroatoms. The number of hydrogen-bond acceptors (Lipinski definition) is 2. The maximum absolute atomic E-state index is 10.5. The number of hydrogen-bond donors (Lipinski definition) is 0. The summed E-state index contributed by atoms with van der Waals surface area (Å²) < 4.78 is 4.88. The molecule has 1 aliphatic rings. The molecule has 0 bridgehead atoms. The minimum Gasteiger partial charge on any atom is -0.446 e. The lowest BCUT2D eigenvalue weighted by Crippen LogP contribution is -2.23. The first-order valence-electron chi connectivity index (χ1n) is 2.25. The Hall–Kier alpha value is 0. The molecule has 1 aliphatic heterocycles. The summed E-state index contributed by atoms with van der Waals surface area (Å²) in [5.74, 6) is 0. The van der Waals surface area contributed by atoms with Crippen LogP contribution in [0, 0.1) is 0 Å². The van der Waals surface area contributed by atoms with Crippen LogP contribution in [0.2, 0.25) is 0 Å². The van der Waals surface area contributed by atoms with E-state index < -0.39 is 0 Å². The summed E-state index contributed by atoms with van der Waals surface area (Å²) in [6.07, 6.45) is -0.218. The molecular weight excluding hydrogens is 221 g/mol. The van der Waals surface area contributed by atoms with Crippen molar-refractivity contribution in [3.05, 3.63) is 0 Å². The van der Waals surface area contributed by atoms with Crippen LogP contribution in [0.25, 0.3) is 0 Å². The third-order valence-electron chi connectivity index (χ3n) is 1.05. The van der Waals surface area contributed by atoms with E-state index in [0.29, 0.717) is 6.61 Å². The van der Waals surface area contributed by atoms with Crippen molar-refractivity contribution in [3.8, 4) is 0 Å². The van der Waals surface area contributed by atoms with E-state index in [1.54, 1.807) is 11.9 Å². The van der Waals surface area contributed by atoms with Crippen LogP contribution in [-0.4, -0.2) is 28.7 Å². The molecule has 0 aliphatic carbocycles. The fourth-order valence-electron chi connectivity index (χ4n) is 0.468. The highest BCUT2D eigenvalue weighted by molar-refractivity contribution is 14.1. The minimum atomic E-state index is -0.218. The molecule has 8 heavy (non-hydrogen) atoms. The van der Waals surface area contributed by atoms with Crippen molar-refractivity contribution in [2.24, 2.45) is 0 Å². The summed E-state index contributed by atoms with van der Waals surface area (Å²) in [6, 6.07) is 0. The number of nitrogens with zero attached hydrogens (tertiary/aromatic N) is 1. The SMILES string of the molecule is CN1C(=O)OC[C@@H]1I. The monoisotopic (exact) mass is 227 g/mol. The van der Waals surface area contributed by atoms with Crippen LogP contribution in [-0.2, 0) is 4.74 Å². The third-order valence-corrected chi connectivity index (χ3v) is 2.25. The standard InChI is InChI=1S/C4H6INO2/c1-6-3(5)2-8-4(6)7/h3H,2H2,1H3/t3-/m1/s1. The van der Waals surface area contributed by atoms with E-state index >= 15 is 0 Å². The van der Waals surface area contributed by atoms with Crippen LogP contribution in [0.15, 0.2) is 0 Å². The predicted octanol–water partition coefficient (Wildman–Crippen LogP) is 0.830. The summed E-state index contributed by atoms with van der Waals surface area (Å²) >= 11 is 2.15. The Balaban J connectivity index is 2.56. The topological polar surface area (TPSA) is 29.5 Å². The molecule has 1 rings (SSSR count). The Labute approximate surface area is 61.1 Å². The summed E-state index contributed by atoms with van der Waals surface area (Å²) in [5, 5.41) is 0. The van der Waals surface area contributed by atoms with Gasteiger partial charge in [0.25, 0.3) is 0 Å². The first kappa shape index (κ1) is 6.12. The van der Waals surface area contributed by atoms with Crippen molar-refractivity contribution >= 4 is 28.7 Å². The highest BCUT2D eigenvalue weighted by atomic mass is 127. The van der Waals surface area contributed by atoms with Gasteiger partial charge in [0.05, 0.1) is 0 Å². The highest BCUT2D eigenvalue weighted by Crippen LogP contribution is 2.14. The lowest BCUT2D eigenvalue weighted by Gasteiger charge is -2.06. The van der Waals surface area contributed by atoms with Gasteiger partial charge >= 0.3 is 6.09 Å². The van der Waals surface area contributed by atoms with Gasteiger partial charge in [-0.3, -0.25) is 4.90 Å². The number of rotatable bonds is 0. The molecule has 0 spiro atoms. The molecule has 0 saturated carbocycles. The molecule has 1 amide bonds. The Morgan fingerprint density at radius 2 is 2.62 bits per heavy atom. The van der Waals surface area contributed by atoms with Gasteiger partial charge in [-0.2, -0.15) is 0 Å². The average Bonchev–Trinajstić information content (AvgIpc) is 1.98. The van der Waals surface area contributed by atoms with E-state index in [0.717, 1.165) is 0 Å². The van der Waals surface area contributed by atoms with Crippen LogP contribution in [0.5, 0.6) is 0 Å². The summed E-state index contributed by atoms with van der Waals surface area (Å²) in [7, 11) is 1.73. The first-order valence-corrected chi connectivity index (χ1v) is 3.50. The van der Waals surface area contributed by atoms with Gasteiger partial charge in [-0.05, 0) is 0 Å². The zero-order valence-electron chi connectivity index (χ0n) is 4.43. The van der Waals surface area contributed by atoms with Crippen molar-refractivity contribution in [1.82, 2.24) is 4.90 Å². The fraction of sp³-hybridized carbons (Fsp3) is 0.750. The molecule has 46 valence electrons. The van der Waals surface area contributed by atoms with E-state index in [1.165, 1.54) is 0 Å². The fourth-order valence-corrected chi connectivity index (χ4v) is 0.875. The summed E-state index contributed by atoms with van der Waals surface area (Å²) in [4.78, 5) is 12.1. The van der Waals surface area contributed by atoms with E-state index in [1.807, 2.05) is 0 Å². The predicted molar refractivity (Wildman–Crippen MR) is 36.9 cm³/mol. The normalized spacial score (nSPS) is 28.5. The number of halogens is 1. The van der Waals surface area contributed by atoms with Crippen molar-refractivity contribution in [3.63, 3.8) is 0 Å². The number of alkyl halides is 1. The second-order valence-corrected chi connectivity index (χ2v) is 3.06. The molecule has 0 N–H and O–H groups in total. The van der Waals surface area contributed by atoms with Gasteiger partial charge in [0.15, 0.2) is 0 Å². The quantitative estimate of drug-likeness (QED) is 0.348. The number of cyclic esters (lactones) is 1. The van der Waals surface area contributed by atoms with E-state index in [9.17, 15) is 4.79 Å². The van der Waals surface area contributed by atoms with E-state index in [-0.39, 0.29) is 10.1 Å². The first-order chi connectivity index (χ1) is 3.72. The van der Waals surface area contributed by atoms with Gasteiger partial charge in [0, 0.05) is 7.05 Å². The lowest BCUT2D eigenvalue weighted by atomic mass is 10.7. The van der Waals surface area contributed by atoms with Crippen molar-refractivity contribution < 1.29 is 9.53 Å². The molecule has 3 nitrogen and oxygen atoms in total. The molecule has 1 saturated heterocycles. The number of carbonyl (C=O) groups is 1. The largest absolute Gasteiger partial charge is 0.446 e. The zero-order valence-corrected chi connectivity index (χ0v) is 6.58. The second kappa shape index (κ2) is 2.08. The van der Waals surface area contributed by atoms with Crippen LogP contribution in [0.3, 0.4) is 0 Å². The molecule has 1 heterocycles. The molecule has 0 aromatic rings. The maximum Gasteiger partial charge on any atom is 0.410 e. The minimum absolute atomic E-state index is 0.218. The van der Waals surface area contributed by atoms with E-state index in [4.69, 9.17) is 0 Å². The van der Waals surface area contributed by atoms with Crippen molar-refractivity contribution in [1.29, 1.82) is 0 Å². The number of ether oxygens (including phenoxy) is 1. The molecular formula is C4H6INO2. The molecule has 1 fully saturated rings. The Bertz CT molecular complexity index is 117. The Kier molecular flexibility index (Phi) is 1.59. The highest BCUT2D eigenvalue weighted by Gasteiger charge is 2.26. The van der Waals surface area contributed by atoms with Crippen LogP contribution < -0.4 is 0 Å². The van der Waals surface area contributed by atoms with Gasteiger partial charge in [-0.1, -0.05) is 22.6 Å². The Morgan fingerprint density at radius 1 is 2.00 bits per heavy atom. The molecule has 1 atom stereocenters. The maximum atomic E-state index is 10.5. The van der Waals surface area contributed by atoms with Crippen molar-refractivity contribution in [2.45, 2.75) is 4.05 Å². The lowest BCUT2D eigenvalue weighted by molar-refractivity contribution is 0.163. The van der Waals surface area contributed by atoms with Gasteiger partial charge in [0.1, 0.15) is 10.7 Å². The zero-order chi connectivity index (χ0) is 6.15. The van der Waals surface area contributed by atoms with Crippen molar-refractivity contribution in [2.75, 3.05) is 13.7 Å². The third kappa shape index (κ3) is 0.888. The molecule has 0 radical (unpaired) electrons. The molecule has 0 unspecified atom stereocenters. The smallest absolute Gasteiger partial charge is 0.410 e. The van der Waals surface area contributed by atoms with E-state index in [2.05, 4.69) is 27.3 Å². The average molecular weight is 227 g/mol. The van der Waals surface area contributed by atoms with Crippen LogP contribution in [0.4, 0.5) is 4.79 Å². The number of likely N-dealkylation sites (N-methyl/N-ethyl adjacent to an activating group) is 1. The van der Waals surface area contributed by atoms with Crippen LogP contribution in [0.1, 0.15) is 0 Å². The van der Waals surface area contributed by atoms with Gasteiger partial charge in [-0.15, -0.1) is 0 Å². The number of carbonyl (C=O) groups excluding carboxylic acids is 1. The van der Waals surface area contributed by atoms with Gasteiger partial charge in [-0.25, -0.2) is 4.79 Å². The number of amides is 1. The van der Waals surface area contributed by atoms with Gasteiger partial charge < -0.3 is 4.74 Å². The van der Waals surface area contributed by atoms with Gasteiger partial charge in [0.2, 0.25) is 0 Å². The molecule has 0 aromatic carbocycles. The second-order valence-electron chi connectivity index (χ2n) is 1.62.